The number of rotatable bonds is 4. The maximum absolute atomic E-state index is 13.5. The molecule has 2 aliphatic heterocycles. The normalized spacial score (nSPS) is 23.9. The predicted octanol–water partition coefficient (Wildman–Crippen LogP) is 3.48. The third kappa shape index (κ3) is 3.50. The number of hydrogen-bond acceptors (Lipinski definition) is 4. The second kappa shape index (κ2) is 7.59. The highest BCUT2D eigenvalue weighted by atomic mass is 32.2. The number of hydrogen-bond donors (Lipinski definition) is 0. The zero-order chi connectivity index (χ0) is 19.9. The first-order valence-electron chi connectivity index (χ1n) is 9.89. The predicted molar refractivity (Wildman–Crippen MR) is 110 cm³/mol. The molecule has 2 atom stereocenters. The molecule has 150 valence electrons. The summed E-state index contributed by atoms with van der Waals surface area (Å²) in [7, 11) is -1.67. The van der Waals surface area contributed by atoms with Crippen LogP contribution in [0.15, 0.2) is 48.5 Å². The molecule has 5 nitrogen and oxygen atoms in total. The number of sulfonamides is 1. The van der Waals surface area contributed by atoms with E-state index < -0.39 is 15.3 Å². The van der Waals surface area contributed by atoms with Gasteiger partial charge in [0.05, 0.1) is 12.6 Å². The summed E-state index contributed by atoms with van der Waals surface area (Å²) >= 11 is 0. The van der Waals surface area contributed by atoms with Gasteiger partial charge in [-0.1, -0.05) is 62.4 Å². The van der Waals surface area contributed by atoms with Gasteiger partial charge in [0.1, 0.15) is 5.25 Å². The van der Waals surface area contributed by atoms with Gasteiger partial charge >= 0.3 is 0 Å². The van der Waals surface area contributed by atoms with Gasteiger partial charge in [-0.15, -0.1) is 0 Å². The highest BCUT2D eigenvalue weighted by Crippen LogP contribution is 2.36. The highest BCUT2D eigenvalue weighted by molar-refractivity contribution is 7.89. The van der Waals surface area contributed by atoms with Gasteiger partial charge in [0.2, 0.25) is 10.0 Å². The second-order valence-corrected chi connectivity index (χ2v) is 10.2. The van der Waals surface area contributed by atoms with Gasteiger partial charge in [-0.25, -0.2) is 8.42 Å². The van der Waals surface area contributed by atoms with Gasteiger partial charge in [0.25, 0.3) is 0 Å². The van der Waals surface area contributed by atoms with Crippen molar-refractivity contribution in [1.82, 2.24) is 9.37 Å². The maximum atomic E-state index is 13.5. The van der Waals surface area contributed by atoms with E-state index in [4.69, 9.17) is 4.84 Å². The Morgan fingerprint density at radius 2 is 1.71 bits per heavy atom. The van der Waals surface area contributed by atoms with Crippen molar-refractivity contribution in [3.8, 4) is 0 Å². The Hall–Kier alpha value is -1.73. The number of nitrogens with zero attached hydrogens (tertiary/aromatic N) is 2. The number of hydroxylamine groups is 2. The first-order chi connectivity index (χ1) is 13.4. The summed E-state index contributed by atoms with van der Waals surface area (Å²) in [6.07, 6.45) is 0.757. The minimum atomic E-state index is -3.49. The summed E-state index contributed by atoms with van der Waals surface area (Å²) in [6, 6.07) is 16.1. The van der Waals surface area contributed by atoms with Crippen LogP contribution in [0.5, 0.6) is 0 Å². The van der Waals surface area contributed by atoms with E-state index in [-0.39, 0.29) is 12.6 Å². The molecule has 0 spiro atoms. The molecule has 1 saturated heterocycles. The van der Waals surface area contributed by atoms with E-state index in [1.54, 1.807) is 9.37 Å². The third-order valence-corrected chi connectivity index (χ3v) is 8.16. The van der Waals surface area contributed by atoms with Crippen LogP contribution in [0.2, 0.25) is 0 Å². The SMILES string of the molecule is CC(C)c1ccc([C@H]2[C@H](S(=O)(=O)N3CCc4ccccc4C3)CON2C)cc1. The highest BCUT2D eigenvalue weighted by Gasteiger charge is 2.46. The van der Waals surface area contributed by atoms with Crippen molar-refractivity contribution < 1.29 is 13.3 Å². The first-order valence-corrected chi connectivity index (χ1v) is 11.4. The average Bonchev–Trinajstić information content (AvgIpc) is 3.10. The van der Waals surface area contributed by atoms with Crippen LogP contribution >= 0.6 is 0 Å². The lowest BCUT2D eigenvalue weighted by Crippen LogP contribution is -2.44. The molecule has 0 radical (unpaired) electrons. The molecule has 4 rings (SSSR count). The number of fused-ring (bicyclic) bond motifs is 1. The van der Waals surface area contributed by atoms with Crippen LogP contribution in [0, 0.1) is 0 Å². The maximum Gasteiger partial charge on any atom is 0.221 e. The molecule has 2 heterocycles. The largest absolute Gasteiger partial charge is 0.297 e. The topological polar surface area (TPSA) is 49.9 Å². The average molecular weight is 401 g/mol. The number of benzene rings is 2. The molecule has 0 aliphatic carbocycles. The van der Waals surface area contributed by atoms with Crippen molar-refractivity contribution in [2.75, 3.05) is 20.2 Å². The zero-order valence-electron chi connectivity index (χ0n) is 16.7. The van der Waals surface area contributed by atoms with Crippen molar-refractivity contribution in [1.29, 1.82) is 0 Å². The molecule has 2 aromatic carbocycles. The standard InChI is InChI=1S/C22H28N2O3S/c1-16(2)17-8-10-19(11-9-17)22-21(15-27-23(22)3)28(25,26)24-13-12-18-6-4-5-7-20(18)14-24/h4-11,16,21-22H,12-15H2,1-3H3/t21-,22+/m1/s1. The summed E-state index contributed by atoms with van der Waals surface area (Å²) in [5.74, 6) is 0.444. The molecule has 0 aromatic heterocycles. The van der Waals surface area contributed by atoms with E-state index in [0.717, 1.165) is 17.5 Å². The fourth-order valence-electron chi connectivity index (χ4n) is 4.23. The Bertz CT molecular complexity index is 941. The molecule has 0 N–H and O–H groups in total. The summed E-state index contributed by atoms with van der Waals surface area (Å²) < 4.78 is 28.7. The molecule has 0 saturated carbocycles. The van der Waals surface area contributed by atoms with Crippen LogP contribution < -0.4 is 0 Å². The lowest BCUT2D eigenvalue weighted by atomic mass is 9.98. The lowest BCUT2D eigenvalue weighted by Gasteiger charge is -2.32. The molecule has 2 aromatic rings. The van der Waals surface area contributed by atoms with Crippen LogP contribution in [0.4, 0.5) is 0 Å². The van der Waals surface area contributed by atoms with Gasteiger partial charge in [-0.3, -0.25) is 4.84 Å². The van der Waals surface area contributed by atoms with Crippen molar-refractivity contribution >= 4 is 10.0 Å². The van der Waals surface area contributed by atoms with Gasteiger partial charge in [0, 0.05) is 20.1 Å². The first kappa shape index (κ1) is 19.6. The molecular weight excluding hydrogens is 372 g/mol. The summed E-state index contributed by atoms with van der Waals surface area (Å²) in [4.78, 5) is 5.68. The van der Waals surface area contributed by atoms with Gasteiger partial charge in [0.15, 0.2) is 0 Å². The minimum absolute atomic E-state index is 0.188. The van der Waals surface area contributed by atoms with Crippen LogP contribution in [0.3, 0.4) is 0 Å². The molecule has 6 heteroatoms. The van der Waals surface area contributed by atoms with Gasteiger partial charge < -0.3 is 0 Å². The minimum Gasteiger partial charge on any atom is -0.297 e. The molecule has 2 aliphatic rings. The van der Waals surface area contributed by atoms with Gasteiger partial charge in [-0.05, 0) is 34.6 Å². The molecule has 0 unspecified atom stereocenters. The van der Waals surface area contributed by atoms with Crippen molar-refractivity contribution in [3.05, 3.63) is 70.8 Å². The fraction of sp³-hybridized carbons (Fsp3) is 0.455. The molecule has 0 amide bonds. The van der Waals surface area contributed by atoms with Crippen LogP contribution in [-0.2, 0) is 27.8 Å². The molecular formula is C22H28N2O3S. The zero-order valence-corrected chi connectivity index (χ0v) is 17.5. The summed E-state index contributed by atoms with van der Waals surface area (Å²) in [5, 5.41) is 1.09. The Morgan fingerprint density at radius 3 is 2.39 bits per heavy atom. The van der Waals surface area contributed by atoms with E-state index in [1.165, 1.54) is 11.1 Å². The van der Waals surface area contributed by atoms with Crippen molar-refractivity contribution in [3.63, 3.8) is 0 Å². The van der Waals surface area contributed by atoms with Crippen LogP contribution in [0.25, 0.3) is 0 Å². The van der Waals surface area contributed by atoms with Gasteiger partial charge in [-0.2, -0.15) is 9.37 Å². The molecule has 0 bridgehead atoms. The Labute approximate surface area is 167 Å². The monoisotopic (exact) mass is 400 g/mol. The van der Waals surface area contributed by atoms with Crippen LogP contribution in [0.1, 0.15) is 48.1 Å². The Balaban J connectivity index is 1.61. The van der Waals surface area contributed by atoms with E-state index >= 15 is 0 Å². The summed E-state index contributed by atoms with van der Waals surface area (Å²) in [6.45, 7) is 5.46. The fourth-order valence-corrected chi connectivity index (χ4v) is 6.16. The van der Waals surface area contributed by atoms with Crippen molar-refractivity contribution in [2.24, 2.45) is 0 Å². The quantitative estimate of drug-likeness (QED) is 0.788. The van der Waals surface area contributed by atoms with Crippen LogP contribution in [-0.4, -0.2) is 43.2 Å². The Kier molecular flexibility index (Phi) is 5.31. The van der Waals surface area contributed by atoms with E-state index in [0.29, 0.717) is 19.0 Å². The van der Waals surface area contributed by atoms with E-state index in [9.17, 15) is 8.42 Å². The van der Waals surface area contributed by atoms with E-state index in [2.05, 4.69) is 32.0 Å². The summed E-state index contributed by atoms with van der Waals surface area (Å²) in [5.41, 5.74) is 4.57. The lowest BCUT2D eigenvalue weighted by molar-refractivity contribution is -0.110. The smallest absolute Gasteiger partial charge is 0.221 e. The van der Waals surface area contributed by atoms with E-state index in [1.807, 2.05) is 37.4 Å². The van der Waals surface area contributed by atoms with Crippen molar-refractivity contribution in [2.45, 2.75) is 44.0 Å². The third-order valence-electron chi connectivity index (χ3n) is 5.97. The second-order valence-electron chi connectivity index (χ2n) is 8.04. The Morgan fingerprint density at radius 1 is 1.04 bits per heavy atom. The molecule has 1 fully saturated rings. The molecule has 28 heavy (non-hydrogen) atoms.